The van der Waals surface area contributed by atoms with Crippen molar-refractivity contribution < 1.29 is 0 Å². The first kappa shape index (κ1) is 9.63. The lowest BCUT2D eigenvalue weighted by atomic mass is 10.1. The van der Waals surface area contributed by atoms with Crippen LogP contribution in [0.25, 0.3) is 5.65 Å². The molecule has 0 aromatic carbocycles. The number of aryl methyl sites for hydroxylation is 1. The van der Waals surface area contributed by atoms with Gasteiger partial charge in [-0.15, -0.1) is 0 Å². The molecule has 0 bridgehead atoms. The highest BCUT2D eigenvalue weighted by atomic mass is 15.2. The maximum absolute atomic E-state index is 4.46. The highest BCUT2D eigenvalue weighted by Crippen LogP contribution is 2.21. The molecule has 0 atom stereocenters. The van der Waals surface area contributed by atoms with Gasteiger partial charge in [-0.25, -0.2) is 9.97 Å². The number of aromatic nitrogens is 3. The topological polar surface area (TPSA) is 33.4 Å². The van der Waals surface area contributed by atoms with E-state index in [4.69, 9.17) is 0 Å². The summed E-state index contributed by atoms with van der Waals surface area (Å²) in [5.74, 6) is 1.24. The molecule has 0 radical (unpaired) electrons. The summed E-state index contributed by atoms with van der Waals surface area (Å²) in [4.78, 5) is 11.1. The van der Waals surface area contributed by atoms with Crippen molar-refractivity contribution in [1.82, 2.24) is 14.4 Å². The number of anilines is 1. The quantitative estimate of drug-likeness (QED) is 0.731. The maximum atomic E-state index is 4.46. The van der Waals surface area contributed by atoms with Crippen LogP contribution in [-0.2, 0) is 0 Å². The van der Waals surface area contributed by atoms with E-state index in [0.29, 0.717) is 0 Å². The van der Waals surface area contributed by atoms with Gasteiger partial charge in [0.15, 0.2) is 5.65 Å². The summed E-state index contributed by atoms with van der Waals surface area (Å²) in [7, 11) is 0. The largest absolute Gasteiger partial charge is 0.358 e. The fourth-order valence-electron chi connectivity index (χ4n) is 2.38. The van der Waals surface area contributed by atoms with Gasteiger partial charge in [-0.3, -0.25) is 4.40 Å². The first-order chi connectivity index (χ1) is 7.84. The van der Waals surface area contributed by atoms with Crippen LogP contribution in [0.3, 0.4) is 0 Å². The van der Waals surface area contributed by atoms with E-state index >= 15 is 0 Å². The van der Waals surface area contributed by atoms with Crippen molar-refractivity contribution in [2.24, 2.45) is 0 Å². The number of hydrogen-bond donors (Lipinski definition) is 0. The van der Waals surface area contributed by atoms with E-state index in [1.54, 1.807) is 0 Å². The minimum Gasteiger partial charge on any atom is -0.358 e. The summed E-state index contributed by atoms with van der Waals surface area (Å²) >= 11 is 0. The van der Waals surface area contributed by atoms with Gasteiger partial charge in [0.1, 0.15) is 12.1 Å². The summed E-state index contributed by atoms with van der Waals surface area (Å²) in [6.07, 6.45) is 7.61. The lowest BCUT2D eigenvalue weighted by molar-refractivity contribution is 0.571. The molecule has 3 heterocycles. The van der Waals surface area contributed by atoms with E-state index in [-0.39, 0.29) is 0 Å². The Morgan fingerprint density at radius 3 is 2.81 bits per heavy atom. The van der Waals surface area contributed by atoms with E-state index in [2.05, 4.69) is 25.3 Å². The molecule has 1 saturated heterocycles. The van der Waals surface area contributed by atoms with Crippen LogP contribution in [0.1, 0.15) is 25.0 Å². The number of piperidine rings is 1. The van der Waals surface area contributed by atoms with Crippen LogP contribution in [0.5, 0.6) is 0 Å². The smallest absolute Gasteiger partial charge is 0.158 e. The molecule has 1 aliphatic rings. The zero-order chi connectivity index (χ0) is 11.0. The Hall–Kier alpha value is -1.58. The van der Waals surface area contributed by atoms with Crippen LogP contribution in [0.15, 0.2) is 18.6 Å². The van der Waals surface area contributed by atoms with Crippen molar-refractivity contribution in [3.63, 3.8) is 0 Å². The summed E-state index contributed by atoms with van der Waals surface area (Å²) in [5.41, 5.74) is 2.01. The molecule has 0 aliphatic carbocycles. The van der Waals surface area contributed by atoms with Crippen LogP contribution in [-0.4, -0.2) is 27.5 Å². The first-order valence-corrected chi connectivity index (χ1v) is 5.89. The molecule has 2 aromatic heterocycles. The molecule has 4 nitrogen and oxygen atoms in total. The zero-order valence-corrected chi connectivity index (χ0v) is 9.56. The normalized spacial score (nSPS) is 16.9. The van der Waals surface area contributed by atoms with Crippen LogP contribution in [0, 0.1) is 6.92 Å². The van der Waals surface area contributed by atoms with Gasteiger partial charge in [-0.1, -0.05) is 0 Å². The summed E-state index contributed by atoms with van der Waals surface area (Å²) < 4.78 is 2.08. The van der Waals surface area contributed by atoms with Gasteiger partial charge >= 0.3 is 0 Å². The van der Waals surface area contributed by atoms with Gasteiger partial charge in [0.2, 0.25) is 0 Å². The van der Waals surface area contributed by atoms with E-state index < -0.39 is 0 Å². The van der Waals surface area contributed by atoms with Crippen molar-refractivity contribution in [3.05, 3.63) is 24.3 Å². The molecular weight excluding hydrogens is 200 g/mol. The average Bonchev–Trinajstić information content (AvgIpc) is 2.77. The minimum atomic E-state index is 0.945. The Morgan fingerprint density at radius 2 is 2.00 bits per heavy atom. The molecule has 84 valence electrons. The second-order valence-electron chi connectivity index (χ2n) is 4.43. The number of rotatable bonds is 1. The molecule has 0 amide bonds. The molecule has 4 heteroatoms. The molecular formula is C12H16N4. The molecule has 0 N–H and O–H groups in total. The van der Waals surface area contributed by atoms with Crippen molar-refractivity contribution >= 4 is 11.5 Å². The van der Waals surface area contributed by atoms with E-state index in [0.717, 1.165) is 24.4 Å². The van der Waals surface area contributed by atoms with Crippen LogP contribution < -0.4 is 4.90 Å². The number of imidazole rings is 1. The van der Waals surface area contributed by atoms with Gasteiger partial charge in [-0.2, -0.15) is 0 Å². The molecule has 16 heavy (non-hydrogen) atoms. The SMILES string of the molecule is Cc1cc(N2CCCCC2)n2cncc2n1. The summed E-state index contributed by atoms with van der Waals surface area (Å²) in [6.45, 7) is 4.34. The maximum Gasteiger partial charge on any atom is 0.158 e. The van der Waals surface area contributed by atoms with Gasteiger partial charge in [0, 0.05) is 24.8 Å². The monoisotopic (exact) mass is 216 g/mol. The van der Waals surface area contributed by atoms with Crippen molar-refractivity contribution in [2.75, 3.05) is 18.0 Å². The fourth-order valence-corrected chi connectivity index (χ4v) is 2.38. The van der Waals surface area contributed by atoms with Crippen LogP contribution >= 0.6 is 0 Å². The second kappa shape index (κ2) is 3.77. The number of nitrogens with zero attached hydrogens (tertiary/aromatic N) is 4. The second-order valence-corrected chi connectivity index (χ2v) is 4.43. The Balaban J connectivity index is 2.09. The van der Waals surface area contributed by atoms with Gasteiger partial charge < -0.3 is 4.90 Å². The predicted molar refractivity (Wildman–Crippen MR) is 63.8 cm³/mol. The third kappa shape index (κ3) is 1.54. The van der Waals surface area contributed by atoms with Gasteiger partial charge in [0.25, 0.3) is 0 Å². The highest BCUT2D eigenvalue weighted by molar-refractivity contribution is 5.51. The Kier molecular flexibility index (Phi) is 2.27. The Bertz CT molecular complexity index is 497. The first-order valence-electron chi connectivity index (χ1n) is 5.89. The van der Waals surface area contributed by atoms with E-state index in [1.807, 2.05) is 19.4 Å². The molecule has 0 unspecified atom stereocenters. The lowest BCUT2D eigenvalue weighted by Crippen LogP contribution is -2.31. The average molecular weight is 216 g/mol. The van der Waals surface area contributed by atoms with Crippen molar-refractivity contribution in [1.29, 1.82) is 0 Å². The predicted octanol–water partition coefficient (Wildman–Crippen LogP) is 2.03. The lowest BCUT2D eigenvalue weighted by Gasteiger charge is -2.29. The fraction of sp³-hybridized carbons (Fsp3) is 0.500. The van der Waals surface area contributed by atoms with Crippen LogP contribution in [0.2, 0.25) is 0 Å². The standard InChI is InChI=1S/C12H16N4/c1-10-7-12(15-5-3-2-4-6-15)16-9-13-8-11(16)14-10/h7-9H,2-6H2,1H3. The zero-order valence-electron chi connectivity index (χ0n) is 9.56. The van der Waals surface area contributed by atoms with Gasteiger partial charge in [-0.05, 0) is 26.2 Å². The van der Waals surface area contributed by atoms with E-state index in [9.17, 15) is 0 Å². The summed E-state index contributed by atoms with van der Waals surface area (Å²) in [6, 6.07) is 2.15. The van der Waals surface area contributed by atoms with Crippen LogP contribution in [0.4, 0.5) is 5.82 Å². The molecule has 0 spiro atoms. The minimum absolute atomic E-state index is 0.945. The third-order valence-corrected chi connectivity index (χ3v) is 3.17. The number of fused-ring (bicyclic) bond motifs is 1. The molecule has 0 saturated carbocycles. The van der Waals surface area contributed by atoms with Crippen molar-refractivity contribution in [2.45, 2.75) is 26.2 Å². The number of hydrogen-bond acceptors (Lipinski definition) is 3. The Morgan fingerprint density at radius 1 is 1.19 bits per heavy atom. The Labute approximate surface area is 94.9 Å². The molecule has 1 aliphatic heterocycles. The van der Waals surface area contributed by atoms with Gasteiger partial charge in [0.05, 0.1) is 6.20 Å². The summed E-state index contributed by atoms with van der Waals surface area (Å²) in [5, 5.41) is 0. The third-order valence-electron chi connectivity index (χ3n) is 3.17. The van der Waals surface area contributed by atoms with Crippen molar-refractivity contribution in [3.8, 4) is 0 Å². The molecule has 3 rings (SSSR count). The highest BCUT2D eigenvalue weighted by Gasteiger charge is 2.14. The molecule has 2 aromatic rings. The van der Waals surface area contributed by atoms with E-state index in [1.165, 1.54) is 25.1 Å². The molecule has 1 fully saturated rings.